The fourth-order valence-corrected chi connectivity index (χ4v) is 3.39. The van der Waals surface area contributed by atoms with Gasteiger partial charge in [0.1, 0.15) is 0 Å². The van der Waals surface area contributed by atoms with Crippen molar-refractivity contribution in [3.8, 4) is 0 Å². The molecule has 0 saturated heterocycles. The normalized spacial score (nSPS) is 31.6. The Morgan fingerprint density at radius 1 is 0.824 bits per heavy atom. The monoisotopic (exact) mass is 240 g/mol. The SMILES string of the molecule is COC1CCCCC1OCCC1CCCCC1. The highest BCUT2D eigenvalue weighted by molar-refractivity contribution is 4.76. The van der Waals surface area contributed by atoms with Gasteiger partial charge in [-0.2, -0.15) is 0 Å². The van der Waals surface area contributed by atoms with Gasteiger partial charge in [-0.15, -0.1) is 0 Å². The third-order valence-electron chi connectivity index (χ3n) is 4.53. The molecular formula is C15H28O2. The minimum atomic E-state index is 0.357. The number of ether oxygens (including phenoxy) is 2. The summed E-state index contributed by atoms with van der Waals surface area (Å²) in [7, 11) is 1.83. The van der Waals surface area contributed by atoms with Crippen LogP contribution in [0.1, 0.15) is 64.2 Å². The van der Waals surface area contributed by atoms with Crippen molar-refractivity contribution in [2.24, 2.45) is 5.92 Å². The Hall–Kier alpha value is -0.0800. The van der Waals surface area contributed by atoms with Crippen molar-refractivity contribution in [3.63, 3.8) is 0 Å². The Kier molecular flexibility index (Phi) is 5.79. The number of hydrogen-bond donors (Lipinski definition) is 0. The van der Waals surface area contributed by atoms with Crippen molar-refractivity contribution in [2.45, 2.75) is 76.4 Å². The second-order valence-corrected chi connectivity index (χ2v) is 5.76. The Morgan fingerprint density at radius 3 is 2.18 bits per heavy atom. The summed E-state index contributed by atoms with van der Waals surface area (Å²) in [5.74, 6) is 0.938. The lowest BCUT2D eigenvalue weighted by molar-refractivity contribution is -0.0795. The predicted octanol–water partition coefficient (Wildman–Crippen LogP) is 3.93. The van der Waals surface area contributed by atoms with E-state index < -0.39 is 0 Å². The molecule has 0 amide bonds. The molecule has 2 atom stereocenters. The van der Waals surface area contributed by atoms with E-state index in [9.17, 15) is 0 Å². The lowest BCUT2D eigenvalue weighted by Crippen LogP contribution is -2.34. The van der Waals surface area contributed by atoms with Gasteiger partial charge in [0.05, 0.1) is 12.2 Å². The highest BCUT2D eigenvalue weighted by atomic mass is 16.5. The summed E-state index contributed by atoms with van der Waals surface area (Å²) in [6.45, 7) is 0.954. The van der Waals surface area contributed by atoms with E-state index in [-0.39, 0.29) is 0 Å². The van der Waals surface area contributed by atoms with Crippen molar-refractivity contribution in [1.82, 2.24) is 0 Å². The van der Waals surface area contributed by atoms with Crippen LogP contribution in [0.15, 0.2) is 0 Å². The highest BCUT2D eigenvalue weighted by Gasteiger charge is 2.25. The molecule has 0 bridgehead atoms. The van der Waals surface area contributed by atoms with Gasteiger partial charge in [-0.1, -0.05) is 44.9 Å². The van der Waals surface area contributed by atoms with Crippen LogP contribution in [0.3, 0.4) is 0 Å². The molecule has 17 heavy (non-hydrogen) atoms. The van der Waals surface area contributed by atoms with Crippen LogP contribution in [-0.2, 0) is 9.47 Å². The van der Waals surface area contributed by atoms with Crippen LogP contribution in [0.2, 0.25) is 0 Å². The van der Waals surface area contributed by atoms with Crippen LogP contribution in [0.4, 0.5) is 0 Å². The first-order valence-corrected chi connectivity index (χ1v) is 7.54. The zero-order valence-corrected chi connectivity index (χ0v) is 11.3. The molecular weight excluding hydrogens is 212 g/mol. The second kappa shape index (κ2) is 7.38. The van der Waals surface area contributed by atoms with Gasteiger partial charge in [0.2, 0.25) is 0 Å². The van der Waals surface area contributed by atoms with Crippen LogP contribution in [0.5, 0.6) is 0 Å². The number of methoxy groups -OCH3 is 1. The molecule has 2 aliphatic rings. The molecule has 2 heteroatoms. The van der Waals surface area contributed by atoms with Gasteiger partial charge in [-0.3, -0.25) is 0 Å². The summed E-state index contributed by atoms with van der Waals surface area (Å²) in [6.07, 6.45) is 14.2. The minimum absolute atomic E-state index is 0.357. The first kappa shape index (κ1) is 13.4. The number of hydrogen-bond acceptors (Lipinski definition) is 2. The predicted molar refractivity (Wildman–Crippen MR) is 70.2 cm³/mol. The van der Waals surface area contributed by atoms with Crippen molar-refractivity contribution >= 4 is 0 Å². The lowest BCUT2D eigenvalue weighted by Gasteiger charge is -2.31. The molecule has 0 spiro atoms. The van der Waals surface area contributed by atoms with Gasteiger partial charge in [0.15, 0.2) is 0 Å². The van der Waals surface area contributed by atoms with Gasteiger partial charge in [0.25, 0.3) is 0 Å². The maximum atomic E-state index is 6.06. The van der Waals surface area contributed by atoms with Gasteiger partial charge >= 0.3 is 0 Å². The zero-order valence-electron chi connectivity index (χ0n) is 11.3. The smallest absolute Gasteiger partial charge is 0.0836 e. The van der Waals surface area contributed by atoms with Crippen LogP contribution in [0, 0.1) is 5.92 Å². The largest absolute Gasteiger partial charge is 0.379 e. The molecule has 0 heterocycles. The van der Waals surface area contributed by atoms with Crippen molar-refractivity contribution in [3.05, 3.63) is 0 Å². The summed E-state index contributed by atoms with van der Waals surface area (Å²) in [5, 5.41) is 0. The molecule has 0 aromatic rings. The van der Waals surface area contributed by atoms with Crippen molar-refractivity contribution in [2.75, 3.05) is 13.7 Å². The Balaban J connectivity index is 1.62. The van der Waals surface area contributed by atoms with E-state index in [1.54, 1.807) is 0 Å². The molecule has 2 nitrogen and oxygen atoms in total. The maximum absolute atomic E-state index is 6.06. The fourth-order valence-electron chi connectivity index (χ4n) is 3.39. The van der Waals surface area contributed by atoms with E-state index in [0.717, 1.165) is 12.5 Å². The summed E-state index contributed by atoms with van der Waals surface area (Å²) >= 11 is 0. The average molecular weight is 240 g/mol. The quantitative estimate of drug-likeness (QED) is 0.725. The molecule has 2 saturated carbocycles. The summed E-state index contributed by atoms with van der Waals surface area (Å²) in [4.78, 5) is 0. The maximum Gasteiger partial charge on any atom is 0.0836 e. The standard InChI is InChI=1S/C15H28O2/c1-16-14-9-5-6-10-15(14)17-12-11-13-7-3-2-4-8-13/h13-15H,2-12H2,1H3. The molecule has 0 aromatic heterocycles. The molecule has 0 aliphatic heterocycles. The Morgan fingerprint density at radius 2 is 1.47 bits per heavy atom. The molecule has 0 aromatic carbocycles. The molecule has 2 unspecified atom stereocenters. The molecule has 100 valence electrons. The zero-order chi connectivity index (χ0) is 11.9. The van der Waals surface area contributed by atoms with E-state index in [0.29, 0.717) is 12.2 Å². The van der Waals surface area contributed by atoms with Gasteiger partial charge in [-0.05, 0) is 25.2 Å². The van der Waals surface area contributed by atoms with Crippen molar-refractivity contribution in [1.29, 1.82) is 0 Å². The third kappa shape index (κ3) is 4.26. The first-order chi connectivity index (χ1) is 8.40. The average Bonchev–Trinajstić information content (AvgIpc) is 2.40. The van der Waals surface area contributed by atoms with E-state index in [4.69, 9.17) is 9.47 Å². The number of rotatable bonds is 5. The summed E-state index contributed by atoms with van der Waals surface area (Å²) in [6, 6.07) is 0. The molecule has 0 N–H and O–H groups in total. The van der Waals surface area contributed by atoms with Gasteiger partial charge in [0, 0.05) is 13.7 Å². The van der Waals surface area contributed by atoms with Crippen LogP contribution >= 0.6 is 0 Å². The molecule has 2 fully saturated rings. The van der Waals surface area contributed by atoms with E-state index >= 15 is 0 Å². The highest BCUT2D eigenvalue weighted by Crippen LogP contribution is 2.28. The first-order valence-electron chi connectivity index (χ1n) is 7.54. The Labute approximate surface area is 106 Å². The molecule has 2 rings (SSSR count). The van der Waals surface area contributed by atoms with E-state index in [1.165, 1.54) is 64.2 Å². The second-order valence-electron chi connectivity index (χ2n) is 5.76. The van der Waals surface area contributed by atoms with Crippen LogP contribution in [0.25, 0.3) is 0 Å². The minimum Gasteiger partial charge on any atom is -0.379 e. The molecule has 2 aliphatic carbocycles. The summed E-state index contributed by atoms with van der Waals surface area (Å²) < 4.78 is 11.6. The lowest BCUT2D eigenvalue weighted by atomic mass is 9.87. The summed E-state index contributed by atoms with van der Waals surface area (Å²) in [5.41, 5.74) is 0. The van der Waals surface area contributed by atoms with E-state index in [2.05, 4.69) is 0 Å². The topological polar surface area (TPSA) is 18.5 Å². The third-order valence-corrected chi connectivity index (χ3v) is 4.53. The fraction of sp³-hybridized carbons (Fsp3) is 1.00. The molecule has 0 radical (unpaired) electrons. The van der Waals surface area contributed by atoms with Crippen LogP contribution < -0.4 is 0 Å². The van der Waals surface area contributed by atoms with Gasteiger partial charge in [-0.25, -0.2) is 0 Å². The van der Waals surface area contributed by atoms with E-state index in [1.807, 2.05) is 7.11 Å². The van der Waals surface area contributed by atoms with Crippen LogP contribution in [-0.4, -0.2) is 25.9 Å². The van der Waals surface area contributed by atoms with Gasteiger partial charge < -0.3 is 9.47 Å². The Bertz CT molecular complexity index is 199. The van der Waals surface area contributed by atoms with Crippen molar-refractivity contribution < 1.29 is 9.47 Å².